The molecule has 3 N–H and O–H groups in total. The van der Waals surface area contributed by atoms with Crippen LogP contribution in [-0.4, -0.2) is 5.91 Å². The molecule has 1 aromatic carbocycles. The van der Waals surface area contributed by atoms with Gasteiger partial charge >= 0.3 is 0 Å². The molecule has 0 aromatic heterocycles. The largest absolute Gasteiger partial charge is 0.397 e. The lowest BCUT2D eigenvalue weighted by atomic mass is 10.2. The molecule has 0 atom stereocenters. The van der Waals surface area contributed by atoms with E-state index in [0.717, 1.165) is 5.56 Å². The third kappa shape index (κ3) is 2.49. The summed E-state index contributed by atoms with van der Waals surface area (Å²) in [6, 6.07) is 7.11. The van der Waals surface area contributed by atoms with E-state index < -0.39 is 0 Å². The summed E-state index contributed by atoms with van der Waals surface area (Å²) in [7, 11) is 0. The van der Waals surface area contributed by atoms with E-state index in [1.807, 2.05) is 13.0 Å². The summed E-state index contributed by atoms with van der Waals surface area (Å²) in [5.41, 5.74) is 7.70. The van der Waals surface area contributed by atoms with Crippen LogP contribution in [0.4, 0.5) is 11.4 Å². The van der Waals surface area contributed by atoms with Crippen LogP contribution < -0.4 is 11.1 Å². The molecule has 0 saturated heterocycles. The van der Waals surface area contributed by atoms with Gasteiger partial charge in [-0.1, -0.05) is 6.07 Å². The zero-order valence-corrected chi connectivity index (χ0v) is 7.87. The van der Waals surface area contributed by atoms with Gasteiger partial charge in [0.2, 0.25) is 5.91 Å². The lowest BCUT2D eigenvalue weighted by Gasteiger charge is -2.07. The maximum absolute atomic E-state index is 11.1. The number of amides is 1. The maximum Gasteiger partial charge on any atom is 0.238 e. The molecule has 14 heavy (non-hydrogen) atoms. The molecule has 72 valence electrons. The van der Waals surface area contributed by atoms with Gasteiger partial charge < -0.3 is 11.1 Å². The monoisotopic (exact) mass is 189 g/mol. The summed E-state index contributed by atoms with van der Waals surface area (Å²) in [4.78, 5) is 11.1. The van der Waals surface area contributed by atoms with Gasteiger partial charge in [0.1, 0.15) is 6.42 Å². The Kier molecular flexibility index (Phi) is 3.08. The summed E-state index contributed by atoms with van der Waals surface area (Å²) in [6.45, 7) is 1.90. The Morgan fingerprint density at radius 3 is 3.00 bits per heavy atom. The molecule has 0 aliphatic rings. The highest BCUT2D eigenvalue weighted by Gasteiger charge is 2.04. The molecule has 1 aromatic rings. The Morgan fingerprint density at radius 1 is 1.64 bits per heavy atom. The fourth-order valence-corrected chi connectivity index (χ4v) is 1.04. The van der Waals surface area contributed by atoms with Crippen molar-refractivity contribution in [2.24, 2.45) is 0 Å². The van der Waals surface area contributed by atoms with E-state index >= 15 is 0 Å². The Balaban J connectivity index is 2.81. The number of hydrogen-bond donors (Lipinski definition) is 2. The highest BCUT2D eigenvalue weighted by molar-refractivity contribution is 5.94. The molecule has 0 heterocycles. The Bertz CT molecular complexity index is 393. The molecule has 0 aliphatic heterocycles. The first-order chi connectivity index (χ1) is 6.63. The number of rotatable bonds is 2. The number of carbonyl (C=O) groups is 1. The molecular weight excluding hydrogens is 178 g/mol. The Hall–Kier alpha value is -2.02. The average molecular weight is 189 g/mol. The molecular formula is C10H11N3O. The minimum absolute atomic E-state index is 0.159. The molecule has 4 heteroatoms. The van der Waals surface area contributed by atoms with Gasteiger partial charge in [0, 0.05) is 0 Å². The second kappa shape index (κ2) is 4.28. The predicted molar refractivity (Wildman–Crippen MR) is 54.5 cm³/mol. The van der Waals surface area contributed by atoms with Crippen molar-refractivity contribution in [3.05, 3.63) is 23.8 Å². The van der Waals surface area contributed by atoms with Crippen molar-refractivity contribution >= 4 is 17.3 Å². The minimum Gasteiger partial charge on any atom is -0.397 e. The van der Waals surface area contributed by atoms with Crippen molar-refractivity contribution in [3.63, 3.8) is 0 Å². The maximum atomic E-state index is 11.1. The van der Waals surface area contributed by atoms with Gasteiger partial charge in [-0.2, -0.15) is 5.26 Å². The van der Waals surface area contributed by atoms with Crippen molar-refractivity contribution in [1.29, 1.82) is 5.26 Å². The van der Waals surface area contributed by atoms with E-state index in [1.54, 1.807) is 18.2 Å². The molecule has 0 spiro atoms. The first-order valence-corrected chi connectivity index (χ1v) is 4.16. The smallest absolute Gasteiger partial charge is 0.238 e. The number of aryl methyl sites for hydroxylation is 1. The molecule has 0 aliphatic carbocycles. The molecule has 0 saturated carbocycles. The fraction of sp³-hybridized carbons (Fsp3) is 0.200. The van der Waals surface area contributed by atoms with Crippen LogP contribution in [0.3, 0.4) is 0 Å². The van der Waals surface area contributed by atoms with Crippen molar-refractivity contribution in [1.82, 2.24) is 0 Å². The van der Waals surface area contributed by atoms with Crippen molar-refractivity contribution < 1.29 is 4.79 Å². The Morgan fingerprint density at radius 2 is 2.36 bits per heavy atom. The number of hydrogen-bond acceptors (Lipinski definition) is 3. The Labute approximate surface area is 82.3 Å². The minimum atomic E-state index is -0.343. The second-order valence-corrected chi connectivity index (χ2v) is 2.97. The zero-order chi connectivity index (χ0) is 10.6. The normalized spacial score (nSPS) is 9.14. The van der Waals surface area contributed by atoms with Gasteiger partial charge in [0.05, 0.1) is 17.4 Å². The third-order valence-electron chi connectivity index (χ3n) is 1.72. The quantitative estimate of drug-likeness (QED) is 0.690. The van der Waals surface area contributed by atoms with Crippen molar-refractivity contribution in [3.8, 4) is 6.07 Å². The van der Waals surface area contributed by atoms with Crippen LogP contribution in [0.15, 0.2) is 18.2 Å². The summed E-state index contributed by atoms with van der Waals surface area (Å²) in [5, 5.41) is 10.9. The van der Waals surface area contributed by atoms with E-state index in [1.165, 1.54) is 0 Å². The van der Waals surface area contributed by atoms with Crippen LogP contribution in [0.1, 0.15) is 12.0 Å². The van der Waals surface area contributed by atoms with Gasteiger partial charge in [-0.05, 0) is 24.6 Å². The number of nitrogens with zero attached hydrogens (tertiary/aromatic N) is 1. The first-order valence-electron chi connectivity index (χ1n) is 4.16. The SMILES string of the molecule is Cc1ccc(N)c(NC(=O)CC#N)c1. The summed E-state index contributed by atoms with van der Waals surface area (Å²) in [6.07, 6.45) is -0.159. The van der Waals surface area contributed by atoms with Gasteiger partial charge in [0.25, 0.3) is 0 Å². The molecule has 4 nitrogen and oxygen atoms in total. The van der Waals surface area contributed by atoms with E-state index in [0.29, 0.717) is 11.4 Å². The van der Waals surface area contributed by atoms with Crippen LogP contribution in [0.2, 0.25) is 0 Å². The average Bonchev–Trinajstić information content (AvgIpc) is 2.12. The summed E-state index contributed by atoms with van der Waals surface area (Å²) < 4.78 is 0. The number of carbonyl (C=O) groups excluding carboxylic acids is 1. The van der Waals surface area contributed by atoms with E-state index in [-0.39, 0.29) is 12.3 Å². The standard InChI is InChI=1S/C10H11N3O/c1-7-2-3-8(12)9(6-7)13-10(14)4-5-11/h2-3,6H,4,12H2,1H3,(H,13,14). The van der Waals surface area contributed by atoms with E-state index in [2.05, 4.69) is 5.32 Å². The summed E-state index contributed by atoms with van der Waals surface area (Å²) in [5.74, 6) is -0.343. The number of anilines is 2. The van der Waals surface area contributed by atoms with Crippen LogP contribution in [0.5, 0.6) is 0 Å². The molecule has 0 fully saturated rings. The summed E-state index contributed by atoms with van der Waals surface area (Å²) >= 11 is 0. The zero-order valence-electron chi connectivity index (χ0n) is 7.87. The van der Waals surface area contributed by atoms with Crippen LogP contribution in [-0.2, 0) is 4.79 Å². The van der Waals surface area contributed by atoms with Crippen LogP contribution in [0.25, 0.3) is 0 Å². The van der Waals surface area contributed by atoms with Gasteiger partial charge in [-0.25, -0.2) is 0 Å². The van der Waals surface area contributed by atoms with Crippen LogP contribution >= 0.6 is 0 Å². The topological polar surface area (TPSA) is 78.9 Å². The lowest BCUT2D eigenvalue weighted by molar-refractivity contribution is -0.115. The van der Waals surface area contributed by atoms with Gasteiger partial charge in [-0.3, -0.25) is 4.79 Å². The second-order valence-electron chi connectivity index (χ2n) is 2.97. The number of nitriles is 1. The van der Waals surface area contributed by atoms with Gasteiger partial charge in [0.15, 0.2) is 0 Å². The van der Waals surface area contributed by atoms with Gasteiger partial charge in [-0.15, -0.1) is 0 Å². The first kappa shape index (κ1) is 10.1. The third-order valence-corrected chi connectivity index (χ3v) is 1.72. The number of nitrogens with one attached hydrogen (secondary N) is 1. The number of nitrogens with two attached hydrogens (primary N) is 1. The predicted octanol–water partition coefficient (Wildman–Crippen LogP) is 1.43. The highest BCUT2D eigenvalue weighted by atomic mass is 16.1. The molecule has 0 radical (unpaired) electrons. The molecule has 0 unspecified atom stereocenters. The number of benzene rings is 1. The van der Waals surface area contributed by atoms with Crippen LogP contribution in [0, 0.1) is 18.3 Å². The lowest BCUT2D eigenvalue weighted by Crippen LogP contribution is -2.11. The molecule has 1 rings (SSSR count). The molecule has 1 amide bonds. The van der Waals surface area contributed by atoms with E-state index in [9.17, 15) is 4.79 Å². The fourth-order valence-electron chi connectivity index (χ4n) is 1.04. The number of nitrogen functional groups attached to an aromatic ring is 1. The van der Waals surface area contributed by atoms with Crippen molar-refractivity contribution in [2.45, 2.75) is 13.3 Å². The van der Waals surface area contributed by atoms with E-state index in [4.69, 9.17) is 11.0 Å². The highest BCUT2D eigenvalue weighted by Crippen LogP contribution is 2.19. The van der Waals surface area contributed by atoms with Crippen molar-refractivity contribution in [2.75, 3.05) is 11.1 Å². The molecule has 0 bridgehead atoms.